The first kappa shape index (κ1) is 17.0. The average molecular weight is 364 g/mol. The lowest BCUT2D eigenvalue weighted by Crippen LogP contribution is -2.53. The van der Waals surface area contributed by atoms with Gasteiger partial charge in [-0.15, -0.1) is 0 Å². The quantitative estimate of drug-likeness (QED) is 0.856. The van der Waals surface area contributed by atoms with Gasteiger partial charge in [-0.25, -0.2) is 8.42 Å². The van der Waals surface area contributed by atoms with Crippen molar-refractivity contribution in [1.82, 2.24) is 10.2 Å². The van der Waals surface area contributed by atoms with Crippen molar-refractivity contribution < 1.29 is 17.9 Å². The van der Waals surface area contributed by atoms with E-state index in [0.717, 1.165) is 31.6 Å². The van der Waals surface area contributed by atoms with Gasteiger partial charge in [0.1, 0.15) is 0 Å². The molecule has 0 aromatic heterocycles. The highest BCUT2D eigenvalue weighted by molar-refractivity contribution is 7.91. The molecule has 3 fully saturated rings. The number of carbonyl (C=O) groups excluding carboxylic acids is 1. The van der Waals surface area contributed by atoms with Crippen molar-refractivity contribution in [2.75, 3.05) is 31.2 Å². The lowest BCUT2D eigenvalue weighted by Gasteiger charge is -2.39. The number of nitrogens with zero attached hydrogens (tertiary/aromatic N) is 1. The van der Waals surface area contributed by atoms with Crippen LogP contribution in [0.5, 0.6) is 0 Å². The minimum Gasteiger partial charge on any atom is -0.378 e. The number of benzene rings is 1. The lowest BCUT2D eigenvalue weighted by atomic mass is 9.76. The average Bonchev–Trinajstić information content (AvgIpc) is 2.96. The zero-order valence-corrected chi connectivity index (χ0v) is 15.0. The molecule has 0 spiro atoms. The standard InChI is InChI=1S/C18H24N2O4S/c21-18(19-16-11-17-15(16)5-8-24-17)14-3-1-13(2-4-14)12-20-6-9-25(22,23)10-7-20/h1-4,15-17H,5-12H2,(H,19,21)/t15-,16+,17+/m1/s1. The predicted molar refractivity (Wildman–Crippen MR) is 94.1 cm³/mol. The number of sulfone groups is 1. The summed E-state index contributed by atoms with van der Waals surface area (Å²) in [4.78, 5) is 14.5. The third-order valence-electron chi connectivity index (χ3n) is 5.64. The van der Waals surface area contributed by atoms with E-state index in [1.165, 1.54) is 0 Å². The summed E-state index contributed by atoms with van der Waals surface area (Å²) in [5.41, 5.74) is 1.77. The number of ether oxygens (including phenoxy) is 1. The number of hydrogen-bond acceptors (Lipinski definition) is 5. The van der Waals surface area contributed by atoms with E-state index in [2.05, 4.69) is 10.2 Å². The molecule has 1 aliphatic carbocycles. The van der Waals surface area contributed by atoms with Gasteiger partial charge >= 0.3 is 0 Å². The Hall–Kier alpha value is -1.44. The van der Waals surface area contributed by atoms with E-state index in [4.69, 9.17) is 4.74 Å². The van der Waals surface area contributed by atoms with Crippen LogP contribution in [0.25, 0.3) is 0 Å². The third kappa shape index (κ3) is 3.73. The van der Waals surface area contributed by atoms with Gasteiger partial charge in [0.2, 0.25) is 0 Å². The molecule has 4 rings (SSSR count). The van der Waals surface area contributed by atoms with Gasteiger partial charge in [0, 0.05) is 43.8 Å². The van der Waals surface area contributed by atoms with Crippen LogP contribution in [-0.2, 0) is 21.1 Å². The molecule has 1 amide bonds. The minimum atomic E-state index is -2.84. The van der Waals surface area contributed by atoms with E-state index in [-0.39, 0.29) is 23.5 Å². The number of carbonyl (C=O) groups is 1. The van der Waals surface area contributed by atoms with Crippen LogP contribution in [0.15, 0.2) is 24.3 Å². The van der Waals surface area contributed by atoms with Crippen molar-refractivity contribution in [3.8, 4) is 0 Å². The molecule has 1 saturated carbocycles. The molecule has 0 radical (unpaired) electrons. The van der Waals surface area contributed by atoms with Crippen LogP contribution >= 0.6 is 0 Å². The van der Waals surface area contributed by atoms with Gasteiger partial charge in [0.05, 0.1) is 17.6 Å². The first-order valence-electron chi connectivity index (χ1n) is 8.94. The third-order valence-corrected chi connectivity index (χ3v) is 7.25. The molecule has 2 saturated heterocycles. The van der Waals surface area contributed by atoms with Crippen LogP contribution in [0, 0.1) is 5.92 Å². The molecule has 6 nitrogen and oxygen atoms in total. The molecule has 1 N–H and O–H groups in total. The highest BCUT2D eigenvalue weighted by atomic mass is 32.2. The Morgan fingerprint density at radius 3 is 2.60 bits per heavy atom. The molecule has 1 aromatic carbocycles. The smallest absolute Gasteiger partial charge is 0.251 e. The number of fused-ring (bicyclic) bond motifs is 1. The Balaban J connectivity index is 1.30. The molecule has 3 atom stereocenters. The van der Waals surface area contributed by atoms with Crippen molar-refractivity contribution in [2.24, 2.45) is 5.92 Å². The normalized spacial score (nSPS) is 31.1. The monoisotopic (exact) mass is 364 g/mol. The first-order valence-corrected chi connectivity index (χ1v) is 10.8. The fraction of sp³-hybridized carbons (Fsp3) is 0.611. The summed E-state index contributed by atoms with van der Waals surface area (Å²) in [5.74, 6) is 0.936. The Kier molecular flexibility index (Phi) is 4.56. The van der Waals surface area contributed by atoms with Crippen molar-refractivity contribution in [3.63, 3.8) is 0 Å². The molecule has 0 unspecified atom stereocenters. The van der Waals surface area contributed by atoms with E-state index < -0.39 is 9.84 Å². The minimum absolute atomic E-state index is 0.0223. The van der Waals surface area contributed by atoms with Crippen LogP contribution in [-0.4, -0.2) is 62.6 Å². The predicted octanol–water partition coefficient (Wildman–Crippen LogP) is 0.824. The number of hydrogen-bond donors (Lipinski definition) is 1. The molecule has 1 aromatic rings. The highest BCUT2D eigenvalue weighted by Gasteiger charge is 2.45. The number of rotatable bonds is 4. The molecular weight excluding hydrogens is 340 g/mol. The molecule has 2 aliphatic heterocycles. The zero-order valence-electron chi connectivity index (χ0n) is 14.2. The Morgan fingerprint density at radius 1 is 1.20 bits per heavy atom. The van der Waals surface area contributed by atoms with Crippen LogP contribution in [0.4, 0.5) is 0 Å². The molecule has 3 aliphatic rings. The maximum atomic E-state index is 12.4. The topological polar surface area (TPSA) is 75.7 Å². The number of nitrogens with one attached hydrogen (secondary N) is 1. The summed E-state index contributed by atoms with van der Waals surface area (Å²) in [6, 6.07) is 7.87. The first-order chi connectivity index (χ1) is 12.0. The summed E-state index contributed by atoms with van der Waals surface area (Å²) in [6.07, 6.45) is 2.31. The van der Waals surface area contributed by atoms with Gasteiger partial charge in [0.15, 0.2) is 9.84 Å². The van der Waals surface area contributed by atoms with Crippen LogP contribution in [0.2, 0.25) is 0 Å². The van der Waals surface area contributed by atoms with Gasteiger partial charge in [-0.2, -0.15) is 0 Å². The second-order valence-electron chi connectivity index (χ2n) is 7.30. The largest absolute Gasteiger partial charge is 0.378 e. The highest BCUT2D eigenvalue weighted by Crippen LogP contribution is 2.38. The maximum absolute atomic E-state index is 12.4. The zero-order chi connectivity index (χ0) is 17.4. The van der Waals surface area contributed by atoms with E-state index in [0.29, 0.717) is 30.7 Å². The summed E-state index contributed by atoms with van der Waals surface area (Å²) in [6.45, 7) is 2.70. The second-order valence-corrected chi connectivity index (χ2v) is 9.61. The Labute approximate surface area is 148 Å². The molecule has 2 heterocycles. The van der Waals surface area contributed by atoms with E-state index in [1.807, 2.05) is 24.3 Å². The molecule has 7 heteroatoms. The van der Waals surface area contributed by atoms with Crippen molar-refractivity contribution >= 4 is 15.7 Å². The molecule has 25 heavy (non-hydrogen) atoms. The van der Waals surface area contributed by atoms with Crippen LogP contribution < -0.4 is 5.32 Å². The summed E-state index contributed by atoms with van der Waals surface area (Å²) >= 11 is 0. The van der Waals surface area contributed by atoms with Crippen LogP contribution in [0.3, 0.4) is 0 Å². The van der Waals surface area contributed by atoms with Gasteiger partial charge < -0.3 is 10.1 Å². The maximum Gasteiger partial charge on any atom is 0.251 e. The van der Waals surface area contributed by atoms with Gasteiger partial charge in [-0.3, -0.25) is 9.69 Å². The van der Waals surface area contributed by atoms with Gasteiger partial charge in [0.25, 0.3) is 5.91 Å². The lowest BCUT2D eigenvalue weighted by molar-refractivity contribution is 0.00810. The Bertz CT molecular complexity index is 733. The van der Waals surface area contributed by atoms with Crippen molar-refractivity contribution in [3.05, 3.63) is 35.4 Å². The molecule has 0 bridgehead atoms. The van der Waals surface area contributed by atoms with Crippen molar-refractivity contribution in [2.45, 2.75) is 31.5 Å². The van der Waals surface area contributed by atoms with E-state index in [9.17, 15) is 13.2 Å². The van der Waals surface area contributed by atoms with E-state index in [1.54, 1.807) is 0 Å². The number of amides is 1. The van der Waals surface area contributed by atoms with E-state index >= 15 is 0 Å². The SMILES string of the molecule is O=C(N[C@H]1C[C@@H]2OCC[C@H]12)c1ccc(CN2CCS(=O)(=O)CC2)cc1. The summed E-state index contributed by atoms with van der Waals surface area (Å²) < 4.78 is 28.5. The fourth-order valence-electron chi connectivity index (χ4n) is 3.94. The molecule has 136 valence electrons. The second kappa shape index (κ2) is 6.70. The summed E-state index contributed by atoms with van der Waals surface area (Å²) in [7, 11) is -2.84. The summed E-state index contributed by atoms with van der Waals surface area (Å²) in [5, 5.41) is 3.12. The van der Waals surface area contributed by atoms with Crippen LogP contribution in [0.1, 0.15) is 28.8 Å². The van der Waals surface area contributed by atoms with Gasteiger partial charge in [-0.05, 0) is 30.5 Å². The molecular formula is C18H24N2O4S. The van der Waals surface area contributed by atoms with Gasteiger partial charge in [-0.1, -0.05) is 12.1 Å². The Morgan fingerprint density at radius 2 is 1.92 bits per heavy atom. The fourth-order valence-corrected chi connectivity index (χ4v) is 5.22. The van der Waals surface area contributed by atoms with Crippen molar-refractivity contribution in [1.29, 1.82) is 0 Å².